The van der Waals surface area contributed by atoms with Crippen molar-refractivity contribution < 1.29 is 9.90 Å². The van der Waals surface area contributed by atoms with E-state index in [4.69, 9.17) is 0 Å². The molecule has 0 aliphatic rings. The number of nitrogens with zero attached hydrogens (tertiary/aromatic N) is 1. The maximum Gasteiger partial charge on any atom is 0.254 e. The van der Waals surface area contributed by atoms with Gasteiger partial charge in [-0.05, 0) is 39.3 Å². The fourth-order valence-electron chi connectivity index (χ4n) is 2.42. The zero-order chi connectivity index (χ0) is 15.3. The maximum atomic E-state index is 12.7. The first-order valence-corrected chi connectivity index (χ1v) is 7.09. The third-order valence-corrected chi connectivity index (χ3v) is 3.30. The van der Waals surface area contributed by atoms with Gasteiger partial charge in [0.15, 0.2) is 0 Å². The minimum absolute atomic E-state index is 0.0156. The van der Waals surface area contributed by atoms with E-state index in [1.165, 1.54) is 6.08 Å². The van der Waals surface area contributed by atoms with Gasteiger partial charge >= 0.3 is 0 Å². The minimum atomic E-state index is -0.629. The number of benzene rings is 1. The van der Waals surface area contributed by atoms with Crippen LogP contribution in [0.5, 0.6) is 0 Å². The summed E-state index contributed by atoms with van der Waals surface area (Å²) in [5.41, 5.74) is 1.52. The lowest BCUT2D eigenvalue weighted by atomic mass is 9.99. The van der Waals surface area contributed by atoms with Crippen LogP contribution in [0.3, 0.4) is 0 Å². The fraction of sp³-hybridized carbons (Fsp3) is 0.471. The van der Waals surface area contributed by atoms with Crippen LogP contribution in [0, 0.1) is 0 Å². The first kappa shape index (κ1) is 16.4. The van der Waals surface area contributed by atoms with E-state index in [0.29, 0.717) is 12.0 Å². The van der Waals surface area contributed by atoms with Crippen LogP contribution in [0.1, 0.15) is 43.6 Å². The van der Waals surface area contributed by atoms with Crippen molar-refractivity contribution in [2.24, 2.45) is 0 Å². The van der Waals surface area contributed by atoms with Gasteiger partial charge in [0.05, 0.1) is 6.10 Å². The summed E-state index contributed by atoms with van der Waals surface area (Å²) in [6, 6.07) is 7.73. The Morgan fingerprint density at radius 1 is 1.25 bits per heavy atom. The molecule has 0 fully saturated rings. The number of carbonyl (C=O) groups excluding carboxylic acids is 1. The van der Waals surface area contributed by atoms with Crippen molar-refractivity contribution >= 4 is 5.91 Å². The number of aliphatic hydroxyl groups is 1. The predicted molar refractivity (Wildman–Crippen MR) is 82.8 cm³/mol. The summed E-state index contributed by atoms with van der Waals surface area (Å²) in [6.07, 6.45) is 1.27. The second-order valence-electron chi connectivity index (χ2n) is 5.56. The Balaban J connectivity index is 3.11. The molecule has 1 aromatic carbocycles. The number of hydrogen-bond donors (Lipinski definition) is 1. The molecule has 1 N–H and O–H groups in total. The van der Waals surface area contributed by atoms with Crippen molar-refractivity contribution in [3.05, 3.63) is 48.0 Å². The summed E-state index contributed by atoms with van der Waals surface area (Å²) in [4.78, 5) is 14.6. The highest BCUT2D eigenvalue weighted by atomic mass is 16.3. The number of hydrogen-bond acceptors (Lipinski definition) is 2. The van der Waals surface area contributed by atoms with Crippen LogP contribution < -0.4 is 0 Å². The van der Waals surface area contributed by atoms with Gasteiger partial charge in [0.1, 0.15) is 0 Å². The highest BCUT2D eigenvalue weighted by molar-refractivity contribution is 5.96. The van der Waals surface area contributed by atoms with Gasteiger partial charge in [-0.3, -0.25) is 4.79 Å². The Hall–Kier alpha value is -1.61. The molecule has 3 heteroatoms. The maximum absolute atomic E-state index is 12.7. The van der Waals surface area contributed by atoms with Gasteiger partial charge in [-0.1, -0.05) is 24.3 Å². The Bertz CT molecular complexity index is 458. The number of amides is 1. The molecule has 1 unspecified atom stereocenters. The first-order chi connectivity index (χ1) is 9.38. The van der Waals surface area contributed by atoms with Crippen molar-refractivity contribution in [1.82, 2.24) is 4.90 Å². The first-order valence-electron chi connectivity index (χ1n) is 7.09. The molecule has 1 rings (SSSR count). The Morgan fingerprint density at radius 2 is 1.80 bits per heavy atom. The van der Waals surface area contributed by atoms with E-state index in [9.17, 15) is 9.90 Å². The van der Waals surface area contributed by atoms with Gasteiger partial charge in [0.25, 0.3) is 5.91 Å². The van der Waals surface area contributed by atoms with Gasteiger partial charge in [-0.25, -0.2) is 0 Å². The molecule has 110 valence electrons. The van der Waals surface area contributed by atoms with E-state index in [1.807, 2.05) is 56.9 Å². The summed E-state index contributed by atoms with van der Waals surface area (Å²) in [6.45, 7) is 11.6. The molecular formula is C17H25NO2. The molecule has 1 amide bonds. The van der Waals surface area contributed by atoms with E-state index in [2.05, 4.69) is 6.58 Å². The van der Waals surface area contributed by atoms with Crippen molar-refractivity contribution in [2.45, 2.75) is 52.3 Å². The van der Waals surface area contributed by atoms with Crippen LogP contribution in [0.15, 0.2) is 36.9 Å². The highest BCUT2D eigenvalue weighted by Gasteiger charge is 2.23. The van der Waals surface area contributed by atoms with E-state index in [-0.39, 0.29) is 18.0 Å². The van der Waals surface area contributed by atoms with Gasteiger partial charge in [-0.2, -0.15) is 0 Å². The van der Waals surface area contributed by atoms with E-state index in [0.717, 1.165) is 5.56 Å². The summed E-state index contributed by atoms with van der Waals surface area (Å²) < 4.78 is 0. The molecule has 20 heavy (non-hydrogen) atoms. The minimum Gasteiger partial charge on any atom is -0.389 e. The average Bonchev–Trinajstić information content (AvgIpc) is 2.38. The normalized spacial score (nSPS) is 12.6. The molecule has 0 saturated heterocycles. The second-order valence-corrected chi connectivity index (χ2v) is 5.56. The van der Waals surface area contributed by atoms with Crippen LogP contribution in [0.25, 0.3) is 0 Å². The number of aliphatic hydroxyl groups excluding tert-OH is 1. The molecule has 0 saturated carbocycles. The van der Waals surface area contributed by atoms with Crippen LogP contribution >= 0.6 is 0 Å². The summed E-state index contributed by atoms with van der Waals surface area (Å²) in [5.74, 6) is 0.0156. The van der Waals surface area contributed by atoms with Crippen LogP contribution in [0.2, 0.25) is 0 Å². The van der Waals surface area contributed by atoms with Gasteiger partial charge in [0.2, 0.25) is 0 Å². The van der Waals surface area contributed by atoms with Gasteiger partial charge in [-0.15, -0.1) is 6.58 Å². The average molecular weight is 275 g/mol. The number of rotatable bonds is 6. The molecule has 1 aromatic rings. The molecule has 0 bridgehead atoms. The predicted octanol–water partition coefficient (Wildman–Crippen LogP) is 3.04. The summed E-state index contributed by atoms with van der Waals surface area (Å²) in [5, 5.41) is 9.73. The quantitative estimate of drug-likeness (QED) is 0.811. The topological polar surface area (TPSA) is 40.5 Å². The van der Waals surface area contributed by atoms with E-state index < -0.39 is 6.10 Å². The lowest BCUT2D eigenvalue weighted by Gasteiger charge is -2.31. The second kappa shape index (κ2) is 7.25. The van der Waals surface area contributed by atoms with Crippen molar-refractivity contribution in [3.8, 4) is 0 Å². The van der Waals surface area contributed by atoms with Crippen LogP contribution in [0.4, 0.5) is 0 Å². The number of carbonyl (C=O) groups is 1. The standard InChI is InChI=1S/C17H25NO2/c1-6-15(19)11-14-9-7-8-10-16(14)17(20)18(12(2)3)13(4)5/h6-10,12-13,15,19H,1,11H2,2-5H3. The van der Waals surface area contributed by atoms with Gasteiger partial charge in [0, 0.05) is 24.1 Å². The summed E-state index contributed by atoms with van der Waals surface area (Å²) in [7, 11) is 0. The molecule has 1 atom stereocenters. The van der Waals surface area contributed by atoms with E-state index in [1.54, 1.807) is 0 Å². The molecule has 0 aliphatic heterocycles. The molecule has 0 heterocycles. The zero-order valence-corrected chi connectivity index (χ0v) is 12.8. The molecule has 3 nitrogen and oxygen atoms in total. The Kier molecular flexibility index (Phi) is 5.96. The van der Waals surface area contributed by atoms with Gasteiger partial charge < -0.3 is 10.0 Å². The fourth-order valence-corrected chi connectivity index (χ4v) is 2.42. The largest absolute Gasteiger partial charge is 0.389 e. The summed E-state index contributed by atoms with van der Waals surface area (Å²) >= 11 is 0. The van der Waals surface area contributed by atoms with Crippen molar-refractivity contribution in [2.75, 3.05) is 0 Å². The smallest absolute Gasteiger partial charge is 0.254 e. The third kappa shape index (κ3) is 3.94. The van der Waals surface area contributed by atoms with E-state index >= 15 is 0 Å². The third-order valence-electron chi connectivity index (χ3n) is 3.30. The lowest BCUT2D eigenvalue weighted by Crippen LogP contribution is -2.42. The molecular weight excluding hydrogens is 250 g/mol. The van der Waals surface area contributed by atoms with Crippen molar-refractivity contribution in [3.63, 3.8) is 0 Å². The van der Waals surface area contributed by atoms with Crippen LogP contribution in [-0.2, 0) is 6.42 Å². The van der Waals surface area contributed by atoms with Crippen LogP contribution in [-0.4, -0.2) is 34.1 Å². The molecule has 0 radical (unpaired) electrons. The highest BCUT2D eigenvalue weighted by Crippen LogP contribution is 2.17. The van der Waals surface area contributed by atoms with Crippen molar-refractivity contribution in [1.29, 1.82) is 0 Å². The molecule has 0 spiro atoms. The molecule has 0 aliphatic carbocycles. The Morgan fingerprint density at radius 3 is 2.30 bits per heavy atom. The molecule has 0 aromatic heterocycles. The lowest BCUT2D eigenvalue weighted by molar-refractivity contribution is 0.0642. The monoisotopic (exact) mass is 275 g/mol. The SMILES string of the molecule is C=CC(O)Cc1ccccc1C(=O)N(C(C)C)C(C)C. The Labute approximate surface area is 121 Å². The zero-order valence-electron chi connectivity index (χ0n) is 12.8.